The summed E-state index contributed by atoms with van der Waals surface area (Å²) < 4.78 is 0. The summed E-state index contributed by atoms with van der Waals surface area (Å²) in [5, 5.41) is 3.16. The summed E-state index contributed by atoms with van der Waals surface area (Å²) in [6.07, 6.45) is 1.81. The van der Waals surface area contributed by atoms with Crippen LogP contribution in [-0.2, 0) is 17.6 Å². The Labute approximate surface area is 173 Å². The van der Waals surface area contributed by atoms with Gasteiger partial charge in [-0.05, 0) is 55.2 Å². The van der Waals surface area contributed by atoms with Gasteiger partial charge in [-0.25, -0.2) is 0 Å². The number of ketones is 1. The van der Waals surface area contributed by atoms with E-state index in [4.69, 9.17) is 0 Å². The number of carbonyl (C=O) groups is 2. The van der Waals surface area contributed by atoms with Crippen molar-refractivity contribution in [2.24, 2.45) is 0 Å². The fourth-order valence-corrected chi connectivity index (χ4v) is 3.86. The van der Waals surface area contributed by atoms with Crippen LogP contribution in [0.25, 0.3) is 0 Å². The highest BCUT2D eigenvalue weighted by Crippen LogP contribution is 2.23. The zero-order chi connectivity index (χ0) is 20.8. The third-order valence-corrected chi connectivity index (χ3v) is 5.64. The predicted octanol–water partition coefficient (Wildman–Crippen LogP) is 3.77. The van der Waals surface area contributed by atoms with Gasteiger partial charge in [-0.15, -0.1) is 0 Å². The van der Waals surface area contributed by atoms with E-state index in [1.165, 1.54) is 11.1 Å². The first kappa shape index (κ1) is 21.1. The minimum atomic E-state index is 0.0554. The van der Waals surface area contributed by atoms with Gasteiger partial charge in [-0.3, -0.25) is 14.5 Å². The van der Waals surface area contributed by atoms with Gasteiger partial charge in [0.2, 0.25) is 5.91 Å². The first-order chi connectivity index (χ1) is 14.0. The maximum atomic E-state index is 12.7. The lowest BCUT2D eigenvalue weighted by atomic mass is 10.0. The van der Waals surface area contributed by atoms with Crippen LogP contribution in [0.15, 0.2) is 42.5 Å². The van der Waals surface area contributed by atoms with E-state index in [-0.39, 0.29) is 11.7 Å². The quantitative estimate of drug-likeness (QED) is 0.728. The molecule has 0 radical (unpaired) electrons. The molecule has 29 heavy (non-hydrogen) atoms. The molecule has 2 aromatic carbocycles. The lowest BCUT2D eigenvalue weighted by molar-refractivity contribution is -0.117. The second kappa shape index (κ2) is 9.70. The molecule has 2 aromatic rings. The minimum absolute atomic E-state index is 0.0554. The molecular formula is C24H31N3O2. The molecule has 3 rings (SSSR count). The summed E-state index contributed by atoms with van der Waals surface area (Å²) in [5.41, 5.74) is 5.24. The summed E-state index contributed by atoms with van der Waals surface area (Å²) in [5.74, 6) is 0.142. The van der Waals surface area contributed by atoms with E-state index in [1.807, 2.05) is 24.3 Å². The van der Waals surface area contributed by atoms with Crippen LogP contribution in [-0.4, -0.2) is 49.3 Å². The average Bonchev–Trinajstić information content (AvgIpc) is 2.74. The fraction of sp³-hybridized carbons (Fsp3) is 0.417. The topological polar surface area (TPSA) is 52.7 Å². The molecular weight excluding hydrogens is 362 g/mol. The molecule has 0 unspecified atom stereocenters. The predicted molar refractivity (Wildman–Crippen MR) is 119 cm³/mol. The summed E-state index contributed by atoms with van der Waals surface area (Å²) >= 11 is 0. The number of hydrogen-bond donors (Lipinski definition) is 1. The molecule has 1 aliphatic rings. The number of aryl methyl sites for hydroxylation is 2. The van der Waals surface area contributed by atoms with Crippen LogP contribution in [0.4, 0.5) is 11.4 Å². The number of benzene rings is 2. The standard InChI is InChI=1S/C24H31N3O2/c1-4-19-7-6-8-20(5-2)24(19)25-23(29)17-26-13-15-27(16-14-26)22-11-9-21(10-12-22)18(3)28/h6-12H,4-5,13-17H2,1-3H3,(H,25,29). The van der Waals surface area contributed by atoms with Crippen LogP contribution < -0.4 is 10.2 Å². The highest BCUT2D eigenvalue weighted by Gasteiger charge is 2.20. The monoisotopic (exact) mass is 393 g/mol. The van der Waals surface area contributed by atoms with E-state index in [1.54, 1.807) is 6.92 Å². The van der Waals surface area contributed by atoms with E-state index < -0.39 is 0 Å². The molecule has 1 N–H and O–H groups in total. The second-order valence-corrected chi connectivity index (χ2v) is 7.57. The van der Waals surface area contributed by atoms with Crippen molar-refractivity contribution < 1.29 is 9.59 Å². The van der Waals surface area contributed by atoms with E-state index in [0.29, 0.717) is 6.54 Å². The fourth-order valence-electron chi connectivity index (χ4n) is 3.86. The molecule has 1 saturated heterocycles. The molecule has 5 heteroatoms. The van der Waals surface area contributed by atoms with Crippen molar-refractivity contribution >= 4 is 23.1 Å². The number of carbonyl (C=O) groups excluding carboxylic acids is 2. The Bertz CT molecular complexity index is 831. The third kappa shape index (κ3) is 5.24. The normalized spacial score (nSPS) is 14.7. The lowest BCUT2D eigenvalue weighted by Crippen LogP contribution is -2.48. The summed E-state index contributed by atoms with van der Waals surface area (Å²) in [6.45, 7) is 9.67. The average molecular weight is 394 g/mol. The first-order valence-electron chi connectivity index (χ1n) is 10.5. The zero-order valence-corrected chi connectivity index (χ0v) is 17.7. The Balaban J connectivity index is 1.54. The molecule has 0 atom stereocenters. The molecule has 5 nitrogen and oxygen atoms in total. The van der Waals surface area contributed by atoms with E-state index in [2.05, 4.69) is 47.2 Å². The van der Waals surface area contributed by atoms with Gasteiger partial charge >= 0.3 is 0 Å². The van der Waals surface area contributed by atoms with Gasteiger partial charge in [-0.1, -0.05) is 32.0 Å². The highest BCUT2D eigenvalue weighted by atomic mass is 16.2. The summed E-state index contributed by atoms with van der Waals surface area (Å²) in [7, 11) is 0. The molecule has 0 saturated carbocycles. The van der Waals surface area contributed by atoms with Crippen LogP contribution in [0.2, 0.25) is 0 Å². The maximum absolute atomic E-state index is 12.7. The molecule has 1 aliphatic heterocycles. The molecule has 1 fully saturated rings. The summed E-state index contributed by atoms with van der Waals surface area (Å²) in [6, 6.07) is 14.0. The third-order valence-electron chi connectivity index (χ3n) is 5.64. The van der Waals surface area contributed by atoms with Gasteiger partial charge in [-0.2, -0.15) is 0 Å². The van der Waals surface area contributed by atoms with Gasteiger partial charge in [0.15, 0.2) is 5.78 Å². The van der Waals surface area contributed by atoms with Crippen LogP contribution in [0, 0.1) is 0 Å². The zero-order valence-electron chi connectivity index (χ0n) is 17.7. The van der Waals surface area contributed by atoms with Crippen molar-refractivity contribution in [1.29, 1.82) is 0 Å². The first-order valence-corrected chi connectivity index (χ1v) is 10.5. The molecule has 0 bridgehead atoms. The number of Topliss-reactive ketones (excluding diaryl/α,β-unsaturated/α-hetero) is 1. The molecule has 154 valence electrons. The van der Waals surface area contributed by atoms with Crippen LogP contribution in [0.5, 0.6) is 0 Å². The van der Waals surface area contributed by atoms with Gasteiger partial charge in [0.1, 0.15) is 0 Å². The van der Waals surface area contributed by atoms with Crippen molar-refractivity contribution in [2.75, 3.05) is 42.9 Å². The van der Waals surface area contributed by atoms with Gasteiger partial charge in [0.25, 0.3) is 0 Å². The van der Waals surface area contributed by atoms with Crippen LogP contribution in [0.3, 0.4) is 0 Å². The number of anilines is 2. The van der Waals surface area contributed by atoms with Crippen LogP contribution in [0.1, 0.15) is 42.3 Å². The number of rotatable bonds is 7. The SMILES string of the molecule is CCc1cccc(CC)c1NC(=O)CN1CCN(c2ccc(C(C)=O)cc2)CC1. The Hall–Kier alpha value is -2.66. The number of amides is 1. The number of nitrogens with zero attached hydrogens (tertiary/aromatic N) is 2. The number of nitrogens with one attached hydrogen (secondary N) is 1. The largest absolute Gasteiger partial charge is 0.369 e. The van der Waals surface area contributed by atoms with Gasteiger partial charge in [0, 0.05) is 43.1 Å². The van der Waals surface area contributed by atoms with E-state index in [9.17, 15) is 9.59 Å². The minimum Gasteiger partial charge on any atom is -0.369 e. The number of para-hydroxylation sites is 1. The number of hydrogen-bond acceptors (Lipinski definition) is 4. The molecule has 1 heterocycles. The Morgan fingerprint density at radius 1 is 0.897 bits per heavy atom. The van der Waals surface area contributed by atoms with Crippen molar-refractivity contribution in [3.63, 3.8) is 0 Å². The number of piperazine rings is 1. The van der Waals surface area contributed by atoms with Crippen LogP contribution >= 0.6 is 0 Å². The Morgan fingerprint density at radius 2 is 1.48 bits per heavy atom. The van der Waals surface area contributed by atoms with Gasteiger partial charge < -0.3 is 10.2 Å². The van der Waals surface area contributed by atoms with Crippen molar-refractivity contribution in [2.45, 2.75) is 33.6 Å². The van der Waals surface area contributed by atoms with Crippen molar-refractivity contribution in [3.8, 4) is 0 Å². The maximum Gasteiger partial charge on any atom is 0.238 e. The Kier molecular flexibility index (Phi) is 7.04. The van der Waals surface area contributed by atoms with Crippen molar-refractivity contribution in [1.82, 2.24) is 4.90 Å². The second-order valence-electron chi connectivity index (χ2n) is 7.57. The molecule has 0 aromatic heterocycles. The molecule has 0 spiro atoms. The highest BCUT2D eigenvalue weighted by molar-refractivity contribution is 5.94. The van der Waals surface area contributed by atoms with Gasteiger partial charge in [0.05, 0.1) is 6.54 Å². The molecule has 1 amide bonds. The van der Waals surface area contributed by atoms with E-state index >= 15 is 0 Å². The van der Waals surface area contributed by atoms with Crippen molar-refractivity contribution in [3.05, 3.63) is 59.2 Å². The summed E-state index contributed by atoms with van der Waals surface area (Å²) in [4.78, 5) is 28.6. The van der Waals surface area contributed by atoms with E-state index in [0.717, 1.165) is 56.0 Å². The smallest absolute Gasteiger partial charge is 0.238 e. The lowest BCUT2D eigenvalue weighted by Gasteiger charge is -2.35. The molecule has 0 aliphatic carbocycles. The Morgan fingerprint density at radius 3 is 2.00 bits per heavy atom.